The van der Waals surface area contributed by atoms with Crippen LogP contribution in [0.3, 0.4) is 0 Å². The number of rotatable bonds is 2. The fourth-order valence-corrected chi connectivity index (χ4v) is 1.82. The van der Waals surface area contributed by atoms with Crippen molar-refractivity contribution in [1.82, 2.24) is 4.98 Å². The summed E-state index contributed by atoms with van der Waals surface area (Å²) in [6.07, 6.45) is 2.90. The lowest BCUT2D eigenvalue weighted by molar-refractivity contribution is 0.102. The van der Waals surface area contributed by atoms with Gasteiger partial charge in [-0.1, -0.05) is 27.5 Å². The van der Waals surface area contributed by atoms with E-state index in [2.05, 4.69) is 26.2 Å². The van der Waals surface area contributed by atoms with Crippen LogP contribution in [-0.4, -0.2) is 10.9 Å². The lowest BCUT2D eigenvalue weighted by Gasteiger charge is -2.07. The summed E-state index contributed by atoms with van der Waals surface area (Å²) in [5, 5.41) is 2.84. The molecule has 0 fully saturated rings. The summed E-state index contributed by atoms with van der Waals surface area (Å²) in [5.74, 6) is -1.18. The second kappa shape index (κ2) is 5.46. The summed E-state index contributed by atoms with van der Waals surface area (Å²) in [6, 6.07) is 5.73. The third-order valence-electron chi connectivity index (χ3n) is 2.19. The molecule has 1 heterocycles. The van der Waals surface area contributed by atoms with E-state index in [9.17, 15) is 9.18 Å². The molecule has 2 rings (SSSR count). The van der Waals surface area contributed by atoms with Crippen molar-refractivity contribution in [3.05, 3.63) is 57.5 Å². The van der Waals surface area contributed by atoms with Crippen LogP contribution < -0.4 is 5.32 Å². The molecule has 0 saturated heterocycles. The van der Waals surface area contributed by atoms with Crippen molar-refractivity contribution in [2.45, 2.75) is 0 Å². The van der Waals surface area contributed by atoms with E-state index >= 15 is 0 Å². The van der Waals surface area contributed by atoms with Gasteiger partial charge in [-0.3, -0.25) is 9.78 Å². The van der Waals surface area contributed by atoms with E-state index in [0.717, 1.165) is 0 Å². The van der Waals surface area contributed by atoms with Gasteiger partial charge < -0.3 is 5.32 Å². The standard InChI is InChI=1S/C12H7BrClFN2O/c13-7-1-2-8(10(15)5-7)12(18)17-11-6-16-4-3-9(11)14/h1-6H,(H,17,18). The van der Waals surface area contributed by atoms with Gasteiger partial charge >= 0.3 is 0 Å². The SMILES string of the molecule is O=C(Nc1cnccc1Cl)c1ccc(Br)cc1F. The maximum absolute atomic E-state index is 13.6. The first kappa shape index (κ1) is 13.0. The number of hydrogen-bond acceptors (Lipinski definition) is 2. The Kier molecular flexibility index (Phi) is 3.93. The molecule has 18 heavy (non-hydrogen) atoms. The molecule has 0 aliphatic carbocycles. The summed E-state index contributed by atoms with van der Waals surface area (Å²) in [6.45, 7) is 0. The number of carbonyl (C=O) groups excluding carboxylic acids is 1. The van der Waals surface area contributed by atoms with E-state index in [-0.39, 0.29) is 5.56 Å². The lowest BCUT2D eigenvalue weighted by atomic mass is 10.2. The van der Waals surface area contributed by atoms with Gasteiger partial charge in [-0.05, 0) is 24.3 Å². The van der Waals surface area contributed by atoms with Gasteiger partial charge in [-0.25, -0.2) is 4.39 Å². The summed E-state index contributed by atoms with van der Waals surface area (Å²) >= 11 is 8.99. The maximum Gasteiger partial charge on any atom is 0.258 e. The van der Waals surface area contributed by atoms with Gasteiger partial charge in [0.25, 0.3) is 5.91 Å². The van der Waals surface area contributed by atoms with Gasteiger partial charge in [0.2, 0.25) is 0 Å². The van der Waals surface area contributed by atoms with E-state index in [0.29, 0.717) is 15.2 Å². The van der Waals surface area contributed by atoms with Crippen LogP contribution in [-0.2, 0) is 0 Å². The van der Waals surface area contributed by atoms with Crippen molar-refractivity contribution in [3.8, 4) is 0 Å². The fourth-order valence-electron chi connectivity index (χ4n) is 1.33. The zero-order chi connectivity index (χ0) is 13.1. The first-order chi connectivity index (χ1) is 8.58. The zero-order valence-electron chi connectivity index (χ0n) is 8.95. The minimum absolute atomic E-state index is 0.0573. The maximum atomic E-state index is 13.6. The monoisotopic (exact) mass is 328 g/mol. The number of nitrogens with zero attached hydrogens (tertiary/aromatic N) is 1. The smallest absolute Gasteiger partial charge is 0.258 e. The van der Waals surface area contributed by atoms with Crippen LogP contribution in [0.4, 0.5) is 10.1 Å². The highest BCUT2D eigenvalue weighted by Crippen LogP contribution is 2.21. The molecule has 1 N–H and O–H groups in total. The first-order valence-corrected chi connectivity index (χ1v) is 6.11. The van der Waals surface area contributed by atoms with Crippen LogP contribution in [0.5, 0.6) is 0 Å². The molecule has 1 amide bonds. The number of nitrogens with one attached hydrogen (secondary N) is 1. The predicted octanol–water partition coefficient (Wildman–Crippen LogP) is 3.89. The van der Waals surface area contributed by atoms with Crippen molar-refractivity contribution in [1.29, 1.82) is 0 Å². The van der Waals surface area contributed by atoms with Crippen LogP contribution in [0, 0.1) is 5.82 Å². The molecular weight excluding hydrogens is 322 g/mol. The van der Waals surface area contributed by atoms with E-state index in [1.54, 1.807) is 6.07 Å². The Balaban J connectivity index is 2.25. The largest absolute Gasteiger partial charge is 0.319 e. The number of carbonyl (C=O) groups is 1. The highest BCUT2D eigenvalue weighted by atomic mass is 79.9. The Hall–Kier alpha value is -1.46. The molecule has 0 saturated carbocycles. The van der Waals surface area contributed by atoms with Crippen molar-refractivity contribution in [3.63, 3.8) is 0 Å². The van der Waals surface area contributed by atoms with E-state index in [1.165, 1.54) is 30.6 Å². The van der Waals surface area contributed by atoms with Crippen molar-refractivity contribution < 1.29 is 9.18 Å². The molecule has 0 bridgehead atoms. The number of halogens is 3. The molecule has 2 aromatic rings. The van der Waals surface area contributed by atoms with Crippen LogP contribution in [0.1, 0.15) is 10.4 Å². The number of pyridine rings is 1. The molecular formula is C12H7BrClFN2O. The van der Waals surface area contributed by atoms with Crippen molar-refractivity contribution in [2.75, 3.05) is 5.32 Å². The molecule has 3 nitrogen and oxygen atoms in total. The second-order valence-electron chi connectivity index (χ2n) is 3.43. The number of aromatic nitrogens is 1. The van der Waals surface area contributed by atoms with Gasteiger partial charge in [0, 0.05) is 10.7 Å². The van der Waals surface area contributed by atoms with Crippen LogP contribution in [0.2, 0.25) is 5.02 Å². The molecule has 1 aromatic heterocycles. The summed E-state index contributed by atoms with van der Waals surface area (Å²) < 4.78 is 14.1. The van der Waals surface area contributed by atoms with Crippen LogP contribution in [0.15, 0.2) is 41.1 Å². The minimum atomic E-state index is -0.609. The molecule has 0 aliphatic rings. The molecule has 6 heteroatoms. The highest BCUT2D eigenvalue weighted by molar-refractivity contribution is 9.10. The van der Waals surface area contributed by atoms with E-state index in [1.807, 2.05) is 0 Å². The van der Waals surface area contributed by atoms with Crippen LogP contribution in [0.25, 0.3) is 0 Å². The molecule has 0 radical (unpaired) electrons. The minimum Gasteiger partial charge on any atom is -0.319 e. The zero-order valence-corrected chi connectivity index (χ0v) is 11.3. The predicted molar refractivity (Wildman–Crippen MR) is 71.3 cm³/mol. The van der Waals surface area contributed by atoms with Gasteiger partial charge in [-0.15, -0.1) is 0 Å². The molecule has 0 atom stereocenters. The molecule has 1 aromatic carbocycles. The van der Waals surface area contributed by atoms with Gasteiger partial charge in [0.15, 0.2) is 0 Å². The number of hydrogen-bond donors (Lipinski definition) is 1. The van der Waals surface area contributed by atoms with Gasteiger partial charge in [-0.2, -0.15) is 0 Å². The van der Waals surface area contributed by atoms with Crippen LogP contribution >= 0.6 is 27.5 Å². The molecule has 0 aliphatic heterocycles. The van der Waals surface area contributed by atoms with Gasteiger partial charge in [0.05, 0.1) is 22.5 Å². The normalized spacial score (nSPS) is 10.2. The van der Waals surface area contributed by atoms with Crippen molar-refractivity contribution in [2.24, 2.45) is 0 Å². The Labute approximate surface area is 116 Å². The Morgan fingerprint density at radius 3 is 2.83 bits per heavy atom. The quantitative estimate of drug-likeness (QED) is 0.908. The van der Waals surface area contributed by atoms with Crippen molar-refractivity contribution >= 4 is 39.1 Å². The summed E-state index contributed by atoms with van der Waals surface area (Å²) in [4.78, 5) is 15.7. The first-order valence-electron chi connectivity index (χ1n) is 4.94. The third-order valence-corrected chi connectivity index (χ3v) is 3.01. The van der Waals surface area contributed by atoms with E-state index in [4.69, 9.17) is 11.6 Å². The lowest BCUT2D eigenvalue weighted by Crippen LogP contribution is -2.14. The van der Waals surface area contributed by atoms with Gasteiger partial charge in [0.1, 0.15) is 5.82 Å². The number of amides is 1. The Morgan fingerprint density at radius 2 is 2.17 bits per heavy atom. The molecule has 0 unspecified atom stereocenters. The third kappa shape index (κ3) is 2.86. The number of benzene rings is 1. The molecule has 92 valence electrons. The summed E-state index contributed by atoms with van der Waals surface area (Å²) in [5.41, 5.74) is 0.282. The second-order valence-corrected chi connectivity index (χ2v) is 4.76. The number of anilines is 1. The average Bonchev–Trinajstić information content (AvgIpc) is 2.32. The highest BCUT2D eigenvalue weighted by Gasteiger charge is 2.13. The topological polar surface area (TPSA) is 42.0 Å². The Morgan fingerprint density at radius 1 is 1.39 bits per heavy atom. The average molecular weight is 330 g/mol. The molecule has 0 spiro atoms. The van der Waals surface area contributed by atoms with E-state index < -0.39 is 11.7 Å². The summed E-state index contributed by atoms with van der Waals surface area (Å²) in [7, 11) is 0. The Bertz CT molecular complexity index is 606. The fraction of sp³-hybridized carbons (Fsp3) is 0.